The third-order valence-electron chi connectivity index (χ3n) is 1.11. The Hall–Kier alpha value is -0.510. The first-order valence-corrected chi connectivity index (χ1v) is 3.04. The molecule has 0 aliphatic rings. The normalized spacial score (nSPS) is 13.7. The van der Waals surface area contributed by atoms with Crippen LogP contribution in [0, 0.1) is 0 Å². The van der Waals surface area contributed by atoms with E-state index in [1.54, 1.807) is 6.92 Å². The van der Waals surface area contributed by atoms with Gasteiger partial charge in [0.05, 0.1) is 0 Å². The largest absolute Gasteiger partial charge is 0.345 e. The zero-order valence-corrected chi connectivity index (χ0v) is 5.93. The van der Waals surface area contributed by atoms with Gasteiger partial charge in [0.1, 0.15) is 6.10 Å². The summed E-state index contributed by atoms with van der Waals surface area (Å²) < 4.78 is 26.7. The summed E-state index contributed by atoms with van der Waals surface area (Å²) in [4.78, 5) is 10.6. The van der Waals surface area contributed by atoms with Crippen molar-refractivity contribution in [1.82, 2.24) is 0 Å². The standard InChI is InChI=1S/C6H10F2O2/c1-3-5(9)4(2)10-6(7)8/h4,6H,3H2,1-2H3. The SMILES string of the molecule is CCC(=O)C(C)OC(F)F. The lowest BCUT2D eigenvalue weighted by Crippen LogP contribution is -2.22. The van der Waals surface area contributed by atoms with Gasteiger partial charge in [-0.2, -0.15) is 8.78 Å². The molecule has 0 heterocycles. The second kappa shape index (κ2) is 4.33. The van der Waals surface area contributed by atoms with Crippen molar-refractivity contribution in [2.75, 3.05) is 0 Å². The lowest BCUT2D eigenvalue weighted by atomic mass is 10.2. The van der Waals surface area contributed by atoms with Gasteiger partial charge < -0.3 is 4.74 Å². The van der Waals surface area contributed by atoms with Crippen LogP contribution in [0.2, 0.25) is 0 Å². The van der Waals surface area contributed by atoms with E-state index in [9.17, 15) is 13.6 Å². The fraction of sp³-hybridized carbons (Fsp3) is 0.833. The molecule has 10 heavy (non-hydrogen) atoms. The highest BCUT2D eigenvalue weighted by Crippen LogP contribution is 2.03. The molecule has 0 aliphatic heterocycles. The van der Waals surface area contributed by atoms with Gasteiger partial charge in [-0.1, -0.05) is 6.92 Å². The van der Waals surface area contributed by atoms with Crippen LogP contribution in [0.15, 0.2) is 0 Å². The number of ether oxygens (including phenoxy) is 1. The van der Waals surface area contributed by atoms with E-state index in [1.807, 2.05) is 0 Å². The zero-order valence-electron chi connectivity index (χ0n) is 5.93. The molecule has 2 nitrogen and oxygen atoms in total. The van der Waals surface area contributed by atoms with E-state index >= 15 is 0 Å². The molecule has 0 bridgehead atoms. The second-order valence-electron chi connectivity index (χ2n) is 1.86. The van der Waals surface area contributed by atoms with Crippen molar-refractivity contribution in [1.29, 1.82) is 0 Å². The maximum atomic E-state index is 11.4. The van der Waals surface area contributed by atoms with Crippen molar-refractivity contribution >= 4 is 5.78 Å². The number of halogens is 2. The Morgan fingerprint density at radius 1 is 1.60 bits per heavy atom. The monoisotopic (exact) mass is 152 g/mol. The topological polar surface area (TPSA) is 26.3 Å². The first-order valence-electron chi connectivity index (χ1n) is 3.04. The van der Waals surface area contributed by atoms with Crippen molar-refractivity contribution in [3.8, 4) is 0 Å². The smallest absolute Gasteiger partial charge is 0.312 e. The molecule has 0 fully saturated rings. The highest BCUT2D eigenvalue weighted by atomic mass is 19.3. The molecule has 1 atom stereocenters. The van der Waals surface area contributed by atoms with Crippen LogP contribution in [-0.2, 0) is 9.53 Å². The Morgan fingerprint density at radius 3 is 2.40 bits per heavy atom. The number of carbonyl (C=O) groups is 1. The fourth-order valence-electron chi connectivity index (χ4n) is 0.518. The summed E-state index contributed by atoms with van der Waals surface area (Å²) in [7, 11) is 0. The van der Waals surface area contributed by atoms with Crippen LogP contribution in [-0.4, -0.2) is 18.5 Å². The molecule has 0 spiro atoms. The molecule has 0 N–H and O–H groups in total. The Balaban J connectivity index is 3.61. The second-order valence-corrected chi connectivity index (χ2v) is 1.86. The lowest BCUT2D eigenvalue weighted by Gasteiger charge is -2.08. The van der Waals surface area contributed by atoms with Crippen molar-refractivity contribution in [3.63, 3.8) is 0 Å². The Morgan fingerprint density at radius 2 is 2.10 bits per heavy atom. The van der Waals surface area contributed by atoms with E-state index in [2.05, 4.69) is 4.74 Å². The van der Waals surface area contributed by atoms with Crippen molar-refractivity contribution in [3.05, 3.63) is 0 Å². The van der Waals surface area contributed by atoms with Gasteiger partial charge in [-0.3, -0.25) is 4.79 Å². The van der Waals surface area contributed by atoms with Crippen LogP contribution < -0.4 is 0 Å². The minimum atomic E-state index is -2.86. The number of hydrogen-bond acceptors (Lipinski definition) is 2. The quantitative estimate of drug-likeness (QED) is 0.611. The highest BCUT2D eigenvalue weighted by molar-refractivity contribution is 5.82. The third-order valence-corrected chi connectivity index (χ3v) is 1.11. The van der Waals surface area contributed by atoms with E-state index in [0.29, 0.717) is 0 Å². The summed E-state index contributed by atoms with van der Waals surface area (Å²) in [5.41, 5.74) is 0. The Labute approximate surface area is 58.2 Å². The molecule has 4 heteroatoms. The van der Waals surface area contributed by atoms with Gasteiger partial charge in [-0.15, -0.1) is 0 Å². The van der Waals surface area contributed by atoms with Gasteiger partial charge in [0.25, 0.3) is 0 Å². The molecule has 0 rings (SSSR count). The molecule has 0 aromatic carbocycles. The fourth-order valence-corrected chi connectivity index (χ4v) is 0.518. The van der Waals surface area contributed by atoms with Crippen LogP contribution >= 0.6 is 0 Å². The number of rotatable bonds is 4. The molecule has 0 amide bonds. The van der Waals surface area contributed by atoms with Gasteiger partial charge in [0.15, 0.2) is 5.78 Å². The summed E-state index contributed by atoms with van der Waals surface area (Å²) in [5.74, 6) is -0.305. The first kappa shape index (κ1) is 9.49. The van der Waals surface area contributed by atoms with E-state index < -0.39 is 12.7 Å². The lowest BCUT2D eigenvalue weighted by molar-refractivity contribution is -0.170. The summed E-state index contributed by atoms with van der Waals surface area (Å²) >= 11 is 0. The number of alkyl halides is 2. The molecule has 0 aromatic heterocycles. The summed E-state index contributed by atoms with van der Waals surface area (Å²) in [6.07, 6.45) is -0.751. The van der Waals surface area contributed by atoms with Crippen LogP contribution in [0.3, 0.4) is 0 Å². The molecule has 0 aliphatic carbocycles. The molecular weight excluding hydrogens is 142 g/mol. The predicted molar refractivity (Wildman–Crippen MR) is 31.8 cm³/mol. The predicted octanol–water partition coefficient (Wildman–Crippen LogP) is 1.59. The molecule has 1 unspecified atom stereocenters. The van der Waals surface area contributed by atoms with Crippen molar-refractivity contribution in [2.45, 2.75) is 33.0 Å². The van der Waals surface area contributed by atoms with Crippen molar-refractivity contribution < 1.29 is 18.3 Å². The average Bonchev–Trinajstić information content (AvgIpc) is 1.85. The summed E-state index contributed by atoms with van der Waals surface area (Å²) in [6.45, 7) is 0.0663. The number of hydrogen-bond donors (Lipinski definition) is 0. The third kappa shape index (κ3) is 3.50. The molecule has 0 saturated heterocycles. The van der Waals surface area contributed by atoms with E-state index in [-0.39, 0.29) is 12.2 Å². The van der Waals surface area contributed by atoms with Crippen molar-refractivity contribution in [2.24, 2.45) is 0 Å². The van der Waals surface area contributed by atoms with Gasteiger partial charge in [0, 0.05) is 6.42 Å². The summed E-state index contributed by atoms with van der Waals surface area (Å²) in [6, 6.07) is 0. The number of Topliss-reactive ketones (excluding diaryl/α,β-unsaturated/α-hetero) is 1. The van der Waals surface area contributed by atoms with Crippen LogP contribution in [0.5, 0.6) is 0 Å². The number of ketones is 1. The molecule has 0 saturated carbocycles. The molecular formula is C6H10F2O2. The average molecular weight is 152 g/mol. The van der Waals surface area contributed by atoms with E-state index in [0.717, 1.165) is 0 Å². The maximum Gasteiger partial charge on any atom is 0.345 e. The Bertz CT molecular complexity index is 114. The van der Waals surface area contributed by atoms with Crippen LogP contribution in [0.4, 0.5) is 8.78 Å². The van der Waals surface area contributed by atoms with Gasteiger partial charge >= 0.3 is 6.61 Å². The minimum absolute atomic E-state index is 0.230. The highest BCUT2D eigenvalue weighted by Gasteiger charge is 2.15. The molecule has 0 aromatic rings. The first-order chi connectivity index (χ1) is 4.57. The van der Waals surface area contributed by atoms with Gasteiger partial charge in [0.2, 0.25) is 0 Å². The number of carbonyl (C=O) groups excluding carboxylic acids is 1. The van der Waals surface area contributed by atoms with Crippen LogP contribution in [0.1, 0.15) is 20.3 Å². The van der Waals surface area contributed by atoms with Gasteiger partial charge in [-0.25, -0.2) is 0 Å². The van der Waals surface area contributed by atoms with E-state index in [1.165, 1.54) is 6.92 Å². The minimum Gasteiger partial charge on any atom is -0.312 e. The molecule has 60 valence electrons. The maximum absolute atomic E-state index is 11.4. The zero-order chi connectivity index (χ0) is 8.15. The van der Waals surface area contributed by atoms with E-state index in [4.69, 9.17) is 0 Å². The van der Waals surface area contributed by atoms with Crippen LogP contribution in [0.25, 0.3) is 0 Å². The van der Waals surface area contributed by atoms with Gasteiger partial charge in [-0.05, 0) is 6.92 Å². The summed E-state index contributed by atoms with van der Waals surface area (Å²) in [5, 5.41) is 0. The molecule has 0 radical (unpaired) electrons. The Kier molecular flexibility index (Phi) is 4.11.